The van der Waals surface area contributed by atoms with Gasteiger partial charge in [-0.15, -0.1) is 0 Å². The van der Waals surface area contributed by atoms with Crippen molar-refractivity contribution in [1.29, 1.82) is 0 Å². The van der Waals surface area contributed by atoms with Gasteiger partial charge in [-0.05, 0) is 115 Å². The lowest BCUT2D eigenvalue weighted by atomic mass is 9.66. The Hall–Kier alpha value is -9.96. The second-order valence-electron chi connectivity index (χ2n) is 21.3. The Kier molecular flexibility index (Phi) is 8.90. The van der Waals surface area contributed by atoms with Crippen molar-refractivity contribution >= 4 is 17.1 Å². The van der Waals surface area contributed by atoms with Gasteiger partial charge < -0.3 is 14.4 Å². The maximum atomic E-state index is 6.84. The molecule has 0 saturated carbocycles. The lowest BCUT2D eigenvalue weighted by Gasteiger charge is -2.40. The molecule has 0 N–H and O–H groups in total. The van der Waals surface area contributed by atoms with E-state index in [1.807, 2.05) is 0 Å². The van der Waals surface area contributed by atoms with Crippen LogP contribution in [0.2, 0.25) is 0 Å². The molecule has 364 valence electrons. The molecule has 2 heterocycles. The molecule has 2 spiro atoms. The topological polar surface area (TPSA) is 21.7 Å². The van der Waals surface area contributed by atoms with Crippen LogP contribution in [0.15, 0.2) is 285 Å². The van der Waals surface area contributed by atoms with Gasteiger partial charge in [0.2, 0.25) is 0 Å². The Morgan fingerprint density at radius 3 is 1.00 bits per heavy atom. The molecule has 3 aliphatic carbocycles. The van der Waals surface area contributed by atoms with E-state index in [4.69, 9.17) is 9.47 Å². The summed E-state index contributed by atoms with van der Waals surface area (Å²) in [7, 11) is 0. The summed E-state index contributed by atoms with van der Waals surface area (Å²) in [4.78, 5) is 2.61. The van der Waals surface area contributed by atoms with Crippen LogP contribution >= 0.6 is 0 Å². The van der Waals surface area contributed by atoms with Gasteiger partial charge in [0.15, 0.2) is 0 Å². The highest BCUT2D eigenvalue weighted by Crippen LogP contribution is 2.68. The van der Waals surface area contributed by atoms with Gasteiger partial charge in [0.05, 0.1) is 27.6 Å². The summed E-state index contributed by atoms with van der Waals surface area (Å²) in [5.41, 5.74) is 23.0. The summed E-state index contributed by atoms with van der Waals surface area (Å²) >= 11 is 0. The molecule has 3 nitrogen and oxygen atoms in total. The zero-order valence-corrected chi connectivity index (χ0v) is 42.4. The molecule has 0 fully saturated rings. The second kappa shape index (κ2) is 16.0. The summed E-state index contributed by atoms with van der Waals surface area (Å²) in [6.07, 6.45) is 0. The van der Waals surface area contributed by atoms with Crippen molar-refractivity contribution in [2.75, 3.05) is 4.90 Å². The third-order valence-corrected chi connectivity index (χ3v) is 17.9. The van der Waals surface area contributed by atoms with Crippen molar-refractivity contribution in [1.82, 2.24) is 0 Å². The molecule has 3 heteroatoms. The van der Waals surface area contributed by atoms with Gasteiger partial charge in [0.1, 0.15) is 23.0 Å². The molecule has 0 aromatic heterocycles. The van der Waals surface area contributed by atoms with E-state index < -0.39 is 16.2 Å². The molecular weight excluding hydrogens is 947 g/mol. The third-order valence-electron chi connectivity index (χ3n) is 17.9. The molecule has 12 aromatic rings. The van der Waals surface area contributed by atoms with Gasteiger partial charge in [-0.1, -0.05) is 237 Å². The van der Waals surface area contributed by atoms with Gasteiger partial charge in [-0.2, -0.15) is 0 Å². The van der Waals surface area contributed by atoms with Crippen LogP contribution in [-0.4, -0.2) is 0 Å². The van der Waals surface area contributed by atoms with Crippen molar-refractivity contribution in [2.45, 2.75) is 16.2 Å². The van der Waals surface area contributed by atoms with Gasteiger partial charge in [0.25, 0.3) is 0 Å². The van der Waals surface area contributed by atoms with Crippen LogP contribution in [0, 0.1) is 0 Å². The van der Waals surface area contributed by atoms with Crippen molar-refractivity contribution in [3.63, 3.8) is 0 Å². The van der Waals surface area contributed by atoms with Crippen molar-refractivity contribution in [3.05, 3.63) is 352 Å². The first-order valence-electron chi connectivity index (χ1n) is 27.1. The quantitative estimate of drug-likeness (QED) is 0.172. The number of para-hydroxylation sites is 4. The molecule has 0 unspecified atom stereocenters. The Labute approximate surface area is 453 Å². The average Bonchev–Trinajstić information content (AvgIpc) is 3.90. The number of nitrogens with zero attached hydrogens (tertiary/aromatic N) is 1. The number of ether oxygens (including phenoxy) is 2. The highest BCUT2D eigenvalue weighted by Gasteiger charge is 2.55. The minimum atomic E-state index is -0.667. The molecular formula is C75H47NO2. The van der Waals surface area contributed by atoms with E-state index in [1.165, 1.54) is 77.9 Å². The van der Waals surface area contributed by atoms with Crippen molar-refractivity contribution in [2.24, 2.45) is 0 Å². The predicted molar refractivity (Wildman–Crippen MR) is 313 cm³/mol. The van der Waals surface area contributed by atoms with Crippen LogP contribution in [0.4, 0.5) is 17.1 Å². The fraction of sp³-hybridized carbons (Fsp3) is 0.0400. The Bertz CT molecular complexity index is 4150. The SMILES string of the molecule is c1ccc(C2(c3ccccc3)c3ccccc3-c3ccc(N(c4cccc5c4-c4ccccc4C54c5ccccc5Oc5ccccc54)c4cccc5c4-c4ccccc4C54c5ccccc5Oc5ccccc54)cc32)cc1. The van der Waals surface area contributed by atoms with Crippen LogP contribution in [-0.2, 0) is 16.2 Å². The number of rotatable bonds is 5. The van der Waals surface area contributed by atoms with E-state index >= 15 is 0 Å². The molecule has 0 atom stereocenters. The summed E-state index contributed by atoms with van der Waals surface area (Å²) < 4.78 is 13.7. The van der Waals surface area contributed by atoms with Crippen LogP contribution in [0.1, 0.15) is 66.8 Å². The minimum Gasteiger partial charge on any atom is -0.457 e. The average molecular weight is 994 g/mol. The summed E-state index contributed by atoms with van der Waals surface area (Å²) in [5, 5.41) is 0. The monoisotopic (exact) mass is 993 g/mol. The molecule has 0 saturated heterocycles. The summed E-state index contributed by atoms with van der Waals surface area (Å²) in [5.74, 6) is 3.49. The number of anilines is 3. The van der Waals surface area contributed by atoms with Gasteiger partial charge in [0, 0.05) is 39.1 Å². The smallest absolute Gasteiger partial charge is 0.132 e. The van der Waals surface area contributed by atoms with Crippen LogP contribution in [0.25, 0.3) is 33.4 Å². The van der Waals surface area contributed by atoms with Crippen molar-refractivity contribution in [3.8, 4) is 56.4 Å². The largest absolute Gasteiger partial charge is 0.457 e. The fourth-order valence-electron chi connectivity index (χ4n) is 15.1. The molecule has 0 amide bonds. The van der Waals surface area contributed by atoms with Crippen LogP contribution in [0.3, 0.4) is 0 Å². The normalized spacial score (nSPS) is 14.9. The molecule has 0 radical (unpaired) electrons. The number of hydrogen-bond acceptors (Lipinski definition) is 3. The lowest BCUT2D eigenvalue weighted by molar-refractivity contribution is 0.436. The first-order valence-corrected chi connectivity index (χ1v) is 27.1. The number of benzene rings is 12. The Balaban J connectivity index is 1.01. The molecule has 0 bridgehead atoms. The van der Waals surface area contributed by atoms with E-state index in [-0.39, 0.29) is 0 Å². The first-order chi connectivity index (χ1) is 38.7. The highest BCUT2D eigenvalue weighted by atomic mass is 16.5. The predicted octanol–water partition coefficient (Wildman–Crippen LogP) is 18.5. The maximum absolute atomic E-state index is 6.84. The van der Waals surface area contributed by atoms with Gasteiger partial charge in [-0.25, -0.2) is 0 Å². The summed E-state index contributed by atoms with van der Waals surface area (Å²) in [6.45, 7) is 0. The molecule has 12 aromatic carbocycles. The van der Waals surface area contributed by atoms with E-state index in [0.717, 1.165) is 62.3 Å². The fourth-order valence-corrected chi connectivity index (χ4v) is 15.1. The van der Waals surface area contributed by atoms with Crippen LogP contribution < -0.4 is 14.4 Å². The molecule has 5 aliphatic rings. The number of hydrogen-bond donors (Lipinski definition) is 0. The van der Waals surface area contributed by atoms with E-state index in [0.29, 0.717) is 0 Å². The Morgan fingerprint density at radius 1 is 0.231 bits per heavy atom. The zero-order chi connectivity index (χ0) is 51.2. The molecule has 78 heavy (non-hydrogen) atoms. The number of fused-ring (bicyclic) bond motifs is 21. The lowest BCUT2D eigenvalue weighted by Crippen LogP contribution is -2.32. The minimum absolute atomic E-state index is 0.619. The Morgan fingerprint density at radius 2 is 0.564 bits per heavy atom. The highest BCUT2D eigenvalue weighted by molar-refractivity contribution is 6.04. The second-order valence-corrected chi connectivity index (χ2v) is 21.3. The molecule has 2 aliphatic heterocycles. The van der Waals surface area contributed by atoms with Gasteiger partial charge >= 0.3 is 0 Å². The first kappa shape index (κ1) is 43.3. The van der Waals surface area contributed by atoms with Gasteiger partial charge in [-0.3, -0.25) is 0 Å². The maximum Gasteiger partial charge on any atom is 0.132 e. The van der Waals surface area contributed by atoms with E-state index in [9.17, 15) is 0 Å². The third kappa shape index (κ3) is 5.37. The van der Waals surface area contributed by atoms with Crippen LogP contribution in [0.5, 0.6) is 23.0 Å². The van der Waals surface area contributed by atoms with Crippen molar-refractivity contribution < 1.29 is 9.47 Å². The molecule has 17 rings (SSSR count). The van der Waals surface area contributed by atoms with E-state index in [2.05, 4.69) is 290 Å². The van der Waals surface area contributed by atoms with E-state index in [1.54, 1.807) is 0 Å². The summed E-state index contributed by atoms with van der Waals surface area (Å²) in [6, 6.07) is 106. The standard InChI is InChI=1S/C75H47NO2/c1-3-23-48(24-4-1)73(49-25-5-2-6-26-49)55-30-10-7-27-51(55)52-46-45-50(47-64(52)73)76(65-39-21-37-62-71(65)53-28-8-11-31-56(53)74(62)58-33-13-17-41-67(58)77-68-42-18-14-34-59(68)74)66-40-22-38-63-72(66)54-29-9-12-32-57(54)75(63)60-35-15-19-43-69(60)78-70-44-20-16-36-61(70)75/h1-47H. The zero-order valence-electron chi connectivity index (χ0n) is 42.4.